The lowest BCUT2D eigenvalue weighted by Gasteiger charge is -2.26. The van der Waals surface area contributed by atoms with Crippen molar-refractivity contribution in [2.75, 3.05) is 6.61 Å². The normalized spacial score (nSPS) is 15.8. The number of esters is 1. The van der Waals surface area contributed by atoms with Crippen LogP contribution < -0.4 is 5.32 Å². The molecule has 1 amide bonds. The van der Waals surface area contributed by atoms with Gasteiger partial charge >= 0.3 is 5.97 Å². The molecule has 5 nitrogen and oxygen atoms in total. The summed E-state index contributed by atoms with van der Waals surface area (Å²) < 4.78 is 5.15. The smallest absolute Gasteiger partial charge is 0.357 e. The van der Waals surface area contributed by atoms with Crippen LogP contribution in [0.5, 0.6) is 0 Å². The molecule has 27 heavy (non-hydrogen) atoms. The zero-order valence-electron chi connectivity index (χ0n) is 14.9. The second-order valence-electron chi connectivity index (χ2n) is 6.68. The van der Waals surface area contributed by atoms with Crippen molar-refractivity contribution in [3.05, 3.63) is 77.5 Å². The fraction of sp³-hybridized carbons (Fsp3) is 0.227. The van der Waals surface area contributed by atoms with E-state index in [0.29, 0.717) is 0 Å². The van der Waals surface area contributed by atoms with Gasteiger partial charge in [-0.1, -0.05) is 48.5 Å². The zero-order valence-corrected chi connectivity index (χ0v) is 14.9. The minimum atomic E-state index is -0.597. The first-order valence-corrected chi connectivity index (χ1v) is 9.11. The van der Waals surface area contributed by atoms with Crippen molar-refractivity contribution in [2.24, 2.45) is 0 Å². The Labute approximate surface area is 157 Å². The second-order valence-corrected chi connectivity index (χ2v) is 6.68. The Morgan fingerprint density at radius 3 is 2.78 bits per heavy atom. The fourth-order valence-corrected chi connectivity index (χ4v) is 3.52. The fourth-order valence-electron chi connectivity index (χ4n) is 3.52. The first-order valence-electron chi connectivity index (χ1n) is 9.11. The van der Waals surface area contributed by atoms with Gasteiger partial charge in [0.25, 0.3) is 5.91 Å². The quantitative estimate of drug-likeness (QED) is 0.722. The van der Waals surface area contributed by atoms with Crippen LogP contribution in [0.25, 0.3) is 10.9 Å². The Morgan fingerprint density at radius 1 is 1.04 bits per heavy atom. The van der Waals surface area contributed by atoms with Gasteiger partial charge in [-0.15, -0.1) is 0 Å². The summed E-state index contributed by atoms with van der Waals surface area (Å²) in [6.07, 6.45) is 2.96. The predicted molar refractivity (Wildman–Crippen MR) is 102 cm³/mol. The number of amides is 1. The van der Waals surface area contributed by atoms with Crippen molar-refractivity contribution in [1.29, 1.82) is 0 Å². The van der Waals surface area contributed by atoms with Gasteiger partial charge in [0.15, 0.2) is 6.61 Å². The first-order chi connectivity index (χ1) is 13.2. The van der Waals surface area contributed by atoms with Crippen molar-refractivity contribution in [3.63, 3.8) is 0 Å². The van der Waals surface area contributed by atoms with E-state index in [1.807, 2.05) is 48.5 Å². The predicted octanol–water partition coefficient (Wildman–Crippen LogP) is 3.59. The van der Waals surface area contributed by atoms with Crippen LogP contribution in [-0.2, 0) is 16.0 Å². The monoisotopic (exact) mass is 360 g/mol. The van der Waals surface area contributed by atoms with Crippen LogP contribution in [0.1, 0.15) is 40.5 Å². The van der Waals surface area contributed by atoms with E-state index in [2.05, 4.69) is 16.4 Å². The van der Waals surface area contributed by atoms with Crippen molar-refractivity contribution in [2.45, 2.75) is 25.3 Å². The average Bonchev–Trinajstić information content (AvgIpc) is 2.72. The highest BCUT2D eigenvalue weighted by Gasteiger charge is 2.22. The number of aryl methyl sites for hydroxylation is 1. The molecule has 1 atom stereocenters. The summed E-state index contributed by atoms with van der Waals surface area (Å²) >= 11 is 0. The summed E-state index contributed by atoms with van der Waals surface area (Å²) in [5.74, 6) is -0.897. The maximum absolute atomic E-state index is 12.3. The third-order valence-corrected chi connectivity index (χ3v) is 4.85. The molecule has 3 aromatic rings. The Hall–Kier alpha value is -3.21. The van der Waals surface area contributed by atoms with Crippen LogP contribution in [0, 0.1) is 0 Å². The van der Waals surface area contributed by atoms with Gasteiger partial charge in [-0.3, -0.25) is 4.79 Å². The summed E-state index contributed by atoms with van der Waals surface area (Å²) in [5, 5.41) is 3.92. The summed E-state index contributed by atoms with van der Waals surface area (Å²) in [6, 6.07) is 19.1. The number of aromatic nitrogens is 1. The number of ether oxygens (including phenoxy) is 1. The maximum atomic E-state index is 12.3. The molecule has 136 valence electrons. The molecule has 1 aliphatic carbocycles. The van der Waals surface area contributed by atoms with Crippen molar-refractivity contribution < 1.29 is 14.3 Å². The molecule has 0 aliphatic heterocycles. The van der Waals surface area contributed by atoms with E-state index in [1.165, 1.54) is 5.56 Å². The Balaban J connectivity index is 1.37. The Morgan fingerprint density at radius 2 is 1.85 bits per heavy atom. The summed E-state index contributed by atoms with van der Waals surface area (Å²) in [7, 11) is 0. The average molecular weight is 360 g/mol. The molecule has 0 radical (unpaired) electrons. The largest absolute Gasteiger partial charge is 0.451 e. The lowest BCUT2D eigenvalue weighted by atomic mass is 9.88. The van der Waals surface area contributed by atoms with Crippen LogP contribution in [-0.4, -0.2) is 23.5 Å². The second kappa shape index (κ2) is 7.58. The van der Waals surface area contributed by atoms with Gasteiger partial charge in [0.05, 0.1) is 11.6 Å². The minimum Gasteiger partial charge on any atom is -0.451 e. The van der Waals surface area contributed by atoms with Gasteiger partial charge in [-0.05, 0) is 42.5 Å². The van der Waals surface area contributed by atoms with Crippen LogP contribution in [0.3, 0.4) is 0 Å². The number of fused-ring (bicyclic) bond motifs is 2. The van der Waals surface area contributed by atoms with Crippen molar-refractivity contribution >= 4 is 22.8 Å². The SMILES string of the molecule is O=C(COC(=O)c1ccc2ccccc2n1)N[C@@H]1CCCc2ccccc21. The Bertz CT molecular complexity index is 1000. The number of nitrogens with zero attached hydrogens (tertiary/aromatic N) is 1. The molecular weight excluding hydrogens is 340 g/mol. The third kappa shape index (κ3) is 3.82. The molecule has 1 aromatic heterocycles. The van der Waals surface area contributed by atoms with E-state index in [9.17, 15) is 9.59 Å². The van der Waals surface area contributed by atoms with Gasteiger partial charge in [0.2, 0.25) is 0 Å². The number of pyridine rings is 1. The summed E-state index contributed by atoms with van der Waals surface area (Å²) in [5.41, 5.74) is 3.34. The minimum absolute atomic E-state index is 0.0278. The molecule has 0 saturated heterocycles. The van der Waals surface area contributed by atoms with E-state index in [-0.39, 0.29) is 24.2 Å². The molecular formula is C22H20N2O3. The third-order valence-electron chi connectivity index (χ3n) is 4.85. The molecule has 1 aliphatic rings. The molecule has 0 spiro atoms. The molecule has 2 aromatic carbocycles. The molecule has 0 bridgehead atoms. The van der Waals surface area contributed by atoms with Crippen LogP contribution in [0.15, 0.2) is 60.7 Å². The van der Waals surface area contributed by atoms with Gasteiger partial charge in [-0.25, -0.2) is 9.78 Å². The number of nitrogens with one attached hydrogen (secondary N) is 1. The lowest BCUT2D eigenvalue weighted by Crippen LogP contribution is -2.34. The van der Waals surface area contributed by atoms with Crippen LogP contribution in [0.2, 0.25) is 0 Å². The molecule has 1 heterocycles. The van der Waals surface area contributed by atoms with E-state index in [0.717, 1.165) is 35.7 Å². The highest BCUT2D eigenvalue weighted by molar-refractivity contribution is 5.92. The number of rotatable bonds is 4. The number of para-hydroxylation sites is 1. The molecule has 1 N–H and O–H groups in total. The highest BCUT2D eigenvalue weighted by Crippen LogP contribution is 2.29. The van der Waals surface area contributed by atoms with E-state index >= 15 is 0 Å². The number of hydrogen-bond acceptors (Lipinski definition) is 4. The molecule has 4 rings (SSSR count). The van der Waals surface area contributed by atoms with E-state index < -0.39 is 5.97 Å². The van der Waals surface area contributed by atoms with E-state index in [1.54, 1.807) is 6.07 Å². The van der Waals surface area contributed by atoms with E-state index in [4.69, 9.17) is 4.74 Å². The molecule has 0 unspecified atom stereocenters. The van der Waals surface area contributed by atoms with Gasteiger partial charge in [-0.2, -0.15) is 0 Å². The number of carbonyl (C=O) groups is 2. The molecule has 5 heteroatoms. The zero-order chi connectivity index (χ0) is 18.6. The van der Waals surface area contributed by atoms with Crippen molar-refractivity contribution in [1.82, 2.24) is 10.3 Å². The Kier molecular flexibility index (Phi) is 4.83. The topological polar surface area (TPSA) is 68.3 Å². The highest BCUT2D eigenvalue weighted by atomic mass is 16.5. The number of hydrogen-bond donors (Lipinski definition) is 1. The van der Waals surface area contributed by atoms with Crippen LogP contribution >= 0.6 is 0 Å². The standard InChI is InChI=1S/C22H20N2O3/c25-21(24-19-11-5-8-15-6-1-3-9-17(15)19)14-27-22(26)20-13-12-16-7-2-4-10-18(16)23-20/h1-4,6-7,9-10,12-13,19H,5,8,11,14H2,(H,24,25)/t19-/m1/s1. The van der Waals surface area contributed by atoms with Gasteiger partial charge in [0.1, 0.15) is 5.69 Å². The molecule has 0 saturated carbocycles. The first kappa shape index (κ1) is 17.2. The molecule has 0 fully saturated rings. The number of benzene rings is 2. The van der Waals surface area contributed by atoms with Gasteiger partial charge < -0.3 is 10.1 Å². The summed E-state index contributed by atoms with van der Waals surface area (Å²) in [6.45, 7) is -0.313. The number of carbonyl (C=O) groups excluding carboxylic acids is 2. The van der Waals surface area contributed by atoms with Gasteiger partial charge in [0, 0.05) is 5.39 Å². The summed E-state index contributed by atoms with van der Waals surface area (Å²) in [4.78, 5) is 28.8. The maximum Gasteiger partial charge on any atom is 0.357 e. The van der Waals surface area contributed by atoms with Crippen molar-refractivity contribution in [3.8, 4) is 0 Å². The lowest BCUT2D eigenvalue weighted by molar-refractivity contribution is -0.125. The van der Waals surface area contributed by atoms with Crippen LogP contribution in [0.4, 0.5) is 0 Å².